The molecule has 1 N–H and O–H groups in total. The average molecular weight is 223 g/mol. The number of hydrogen-bond acceptors (Lipinski definition) is 3. The highest BCUT2D eigenvalue weighted by Crippen LogP contribution is 2.13. The van der Waals surface area contributed by atoms with Crippen LogP contribution in [0.4, 0.5) is 0 Å². The minimum Gasteiger partial charge on any atom is -0.476 e. The number of carboxylic acids is 1. The highest BCUT2D eigenvalue weighted by molar-refractivity contribution is 5.95. The number of amides is 1. The van der Waals surface area contributed by atoms with Gasteiger partial charge in [0.2, 0.25) is 0 Å². The molecule has 0 spiro atoms. The molecule has 0 radical (unpaired) electrons. The van der Waals surface area contributed by atoms with Gasteiger partial charge in [-0.15, -0.1) is 0 Å². The van der Waals surface area contributed by atoms with Crippen LogP contribution in [-0.4, -0.2) is 44.8 Å². The Labute approximate surface area is 92.5 Å². The van der Waals surface area contributed by atoms with Crippen molar-refractivity contribution in [2.45, 2.75) is 19.9 Å². The molecule has 0 bridgehead atoms. The van der Waals surface area contributed by atoms with Gasteiger partial charge in [-0.2, -0.15) is 5.10 Å². The van der Waals surface area contributed by atoms with Crippen LogP contribution in [0.15, 0.2) is 6.07 Å². The first-order chi connectivity index (χ1) is 7.63. The second kappa shape index (κ2) is 3.96. The Kier molecular flexibility index (Phi) is 2.64. The van der Waals surface area contributed by atoms with E-state index in [4.69, 9.17) is 5.11 Å². The third-order valence-electron chi connectivity index (χ3n) is 2.69. The summed E-state index contributed by atoms with van der Waals surface area (Å²) in [4.78, 5) is 24.4. The smallest absolute Gasteiger partial charge is 0.356 e. The number of hydrogen-bond donors (Lipinski definition) is 1. The van der Waals surface area contributed by atoms with Gasteiger partial charge in [-0.05, 0) is 13.3 Å². The summed E-state index contributed by atoms with van der Waals surface area (Å²) in [5.41, 5.74) is 0.304. The molecule has 0 unspecified atom stereocenters. The van der Waals surface area contributed by atoms with E-state index in [1.54, 1.807) is 4.90 Å². The van der Waals surface area contributed by atoms with Crippen LogP contribution < -0.4 is 0 Å². The topological polar surface area (TPSA) is 75.4 Å². The Balaban J connectivity index is 2.40. The Hall–Kier alpha value is -1.85. The molecule has 16 heavy (non-hydrogen) atoms. The van der Waals surface area contributed by atoms with Crippen molar-refractivity contribution in [2.24, 2.45) is 0 Å². The molecule has 0 saturated heterocycles. The van der Waals surface area contributed by atoms with E-state index in [0.29, 0.717) is 25.3 Å². The zero-order chi connectivity index (χ0) is 11.7. The van der Waals surface area contributed by atoms with Crippen LogP contribution in [0.3, 0.4) is 0 Å². The van der Waals surface area contributed by atoms with Crippen molar-refractivity contribution in [3.05, 3.63) is 17.5 Å². The van der Waals surface area contributed by atoms with E-state index in [2.05, 4.69) is 5.10 Å². The van der Waals surface area contributed by atoms with Gasteiger partial charge in [0, 0.05) is 25.7 Å². The van der Waals surface area contributed by atoms with Crippen LogP contribution in [0.1, 0.15) is 34.3 Å². The Morgan fingerprint density at radius 3 is 2.94 bits per heavy atom. The number of carbonyl (C=O) groups is 2. The fourth-order valence-electron chi connectivity index (χ4n) is 1.84. The Morgan fingerprint density at radius 1 is 1.56 bits per heavy atom. The monoisotopic (exact) mass is 223 g/mol. The number of carboxylic acid groups (broad SMARTS) is 1. The molecule has 1 aliphatic rings. The summed E-state index contributed by atoms with van der Waals surface area (Å²) in [7, 11) is 0. The predicted molar refractivity (Wildman–Crippen MR) is 55.4 cm³/mol. The van der Waals surface area contributed by atoms with Crippen molar-refractivity contribution in [2.75, 3.05) is 13.1 Å². The molecular weight excluding hydrogens is 210 g/mol. The van der Waals surface area contributed by atoms with Crippen LogP contribution in [0.2, 0.25) is 0 Å². The van der Waals surface area contributed by atoms with E-state index in [1.165, 1.54) is 10.7 Å². The third kappa shape index (κ3) is 1.66. The molecule has 6 heteroatoms. The van der Waals surface area contributed by atoms with Crippen molar-refractivity contribution in [3.63, 3.8) is 0 Å². The first-order valence-corrected chi connectivity index (χ1v) is 5.24. The first kappa shape index (κ1) is 10.7. The summed E-state index contributed by atoms with van der Waals surface area (Å²) >= 11 is 0. The van der Waals surface area contributed by atoms with Gasteiger partial charge in [-0.1, -0.05) is 0 Å². The van der Waals surface area contributed by atoms with Crippen molar-refractivity contribution >= 4 is 11.9 Å². The van der Waals surface area contributed by atoms with Crippen molar-refractivity contribution in [1.29, 1.82) is 0 Å². The Morgan fingerprint density at radius 2 is 2.31 bits per heavy atom. The normalized spacial score (nSPS) is 15.8. The fraction of sp³-hybridized carbons (Fsp3) is 0.500. The molecule has 0 atom stereocenters. The summed E-state index contributed by atoms with van der Waals surface area (Å²) in [6.07, 6.45) is 0.799. The highest BCUT2D eigenvalue weighted by Gasteiger charge is 2.24. The van der Waals surface area contributed by atoms with E-state index >= 15 is 0 Å². The standard InChI is InChI=1S/C10H13N3O3/c1-2-12-4-3-5-13-8(9(12)14)6-7(11-13)10(15)16/h6H,2-5H2,1H3,(H,15,16). The van der Waals surface area contributed by atoms with E-state index < -0.39 is 5.97 Å². The number of carbonyl (C=O) groups excluding carboxylic acids is 1. The number of rotatable bonds is 2. The van der Waals surface area contributed by atoms with Gasteiger partial charge in [0.15, 0.2) is 5.69 Å². The molecule has 86 valence electrons. The quantitative estimate of drug-likeness (QED) is 0.789. The van der Waals surface area contributed by atoms with Crippen LogP contribution in [0.25, 0.3) is 0 Å². The number of nitrogens with zero attached hydrogens (tertiary/aromatic N) is 3. The van der Waals surface area contributed by atoms with Gasteiger partial charge >= 0.3 is 5.97 Å². The van der Waals surface area contributed by atoms with Crippen molar-refractivity contribution in [3.8, 4) is 0 Å². The lowest BCUT2D eigenvalue weighted by Crippen LogP contribution is -2.30. The van der Waals surface area contributed by atoms with Crippen molar-refractivity contribution in [1.82, 2.24) is 14.7 Å². The summed E-state index contributed by atoms with van der Waals surface area (Å²) < 4.78 is 1.49. The molecule has 1 aromatic heterocycles. The van der Waals surface area contributed by atoms with Crippen molar-refractivity contribution < 1.29 is 14.7 Å². The van der Waals surface area contributed by atoms with Gasteiger partial charge in [-0.3, -0.25) is 9.48 Å². The van der Waals surface area contributed by atoms with Gasteiger partial charge in [0.1, 0.15) is 5.69 Å². The highest BCUT2D eigenvalue weighted by atomic mass is 16.4. The largest absolute Gasteiger partial charge is 0.476 e. The molecule has 2 heterocycles. The second-order valence-corrected chi connectivity index (χ2v) is 3.68. The van der Waals surface area contributed by atoms with E-state index in [0.717, 1.165) is 6.42 Å². The van der Waals surface area contributed by atoms with Gasteiger partial charge in [0.25, 0.3) is 5.91 Å². The van der Waals surface area contributed by atoms with Gasteiger partial charge in [0.05, 0.1) is 0 Å². The van der Waals surface area contributed by atoms with Gasteiger partial charge < -0.3 is 10.0 Å². The zero-order valence-corrected chi connectivity index (χ0v) is 9.01. The first-order valence-electron chi connectivity index (χ1n) is 5.24. The average Bonchev–Trinajstić information content (AvgIpc) is 2.62. The molecule has 0 fully saturated rings. The molecule has 0 aromatic carbocycles. The number of aryl methyl sites for hydroxylation is 1. The minimum absolute atomic E-state index is 0.0682. The van der Waals surface area contributed by atoms with Gasteiger partial charge in [-0.25, -0.2) is 4.79 Å². The summed E-state index contributed by atoms with van der Waals surface area (Å²) in [6.45, 7) is 3.82. The van der Waals surface area contributed by atoms with Crippen LogP contribution in [-0.2, 0) is 6.54 Å². The minimum atomic E-state index is -1.10. The molecule has 1 aromatic rings. The number of aromatic nitrogens is 2. The Bertz CT molecular complexity index is 439. The van der Waals surface area contributed by atoms with E-state index in [9.17, 15) is 9.59 Å². The molecule has 6 nitrogen and oxygen atoms in total. The molecule has 2 rings (SSSR count). The predicted octanol–water partition coefficient (Wildman–Crippen LogP) is 0.447. The van der Waals surface area contributed by atoms with E-state index in [-0.39, 0.29) is 11.6 Å². The molecule has 1 amide bonds. The third-order valence-corrected chi connectivity index (χ3v) is 2.69. The van der Waals surface area contributed by atoms with Crippen LogP contribution in [0.5, 0.6) is 0 Å². The summed E-state index contributed by atoms with van der Waals surface area (Å²) in [6, 6.07) is 1.35. The lowest BCUT2D eigenvalue weighted by atomic mass is 10.3. The number of fused-ring (bicyclic) bond motifs is 1. The fourth-order valence-corrected chi connectivity index (χ4v) is 1.84. The maximum atomic E-state index is 12.0. The lowest BCUT2D eigenvalue weighted by molar-refractivity contribution is 0.0689. The lowest BCUT2D eigenvalue weighted by Gasteiger charge is -2.16. The zero-order valence-electron chi connectivity index (χ0n) is 9.01. The SMILES string of the molecule is CCN1CCCn2nc(C(=O)O)cc2C1=O. The van der Waals surface area contributed by atoms with Crippen LogP contribution >= 0.6 is 0 Å². The molecular formula is C10H13N3O3. The summed E-state index contributed by atoms with van der Waals surface area (Å²) in [5.74, 6) is -1.24. The molecule has 1 aliphatic heterocycles. The maximum absolute atomic E-state index is 12.0. The second-order valence-electron chi connectivity index (χ2n) is 3.68. The molecule has 0 saturated carbocycles. The van der Waals surface area contributed by atoms with Crippen LogP contribution in [0, 0.1) is 0 Å². The molecule has 0 aliphatic carbocycles. The van der Waals surface area contributed by atoms with E-state index in [1.807, 2.05) is 6.92 Å². The maximum Gasteiger partial charge on any atom is 0.356 e. The number of aromatic carboxylic acids is 1. The summed E-state index contributed by atoms with van der Waals surface area (Å²) in [5, 5.41) is 12.7.